The maximum atomic E-state index is 12.4. The smallest absolute Gasteiger partial charge is 0.455 e. The number of fused-ring (bicyclic) bond motifs is 1. The Labute approximate surface area is 180 Å². The third kappa shape index (κ3) is 5.51. The fraction of sp³-hybridized carbons (Fsp3) is 0.600. The van der Waals surface area contributed by atoms with Crippen molar-refractivity contribution in [1.82, 2.24) is 19.5 Å². The largest absolute Gasteiger partial charge is 0.469 e. The quantitative estimate of drug-likeness (QED) is 0.210. The van der Waals surface area contributed by atoms with E-state index in [-0.39, 0.29) is 17.0 Å². The van der Waals surface area contributed by atoms with Crippen LogP contribution < -0.4 is 11.5 Å². The maximum absolute atomic E-state index is 12.4. The number of anilines is 1. The first-order chi connectivity index (χ1) is 14.6. The molecule has 0 radical (unpaired) electrons. The molecule has 1 aliphatic rings. The number of nitrogens with zero attached hydrogens (tertiary/aromatic N) is 4. The molecule has 5 unspecified atom stereocenters. The molecule has 14 nitrogen and oxygen atoms in total. The van der Waals surface area contributed by atoms with Gasteiger partial charge < -0.3 is 35.8 Å². The molecule has 0 spiro atoms. The summed E-state index contributed by atoms with van der Waals surface area (Å²) in [5.74, 6) is -0.0545. The number of aliphatic hydroxyl groups excluding tert-OH is 1. The third-order valence-corrected chi connectivity index (χ3v) is 5.69. The number of rotatable bonds is 9. The molecule has 1 aliphatic heterocycles. The molecule has 2 aromatic heterocycles. The van der Waals surface area contributed by atoms with Gasteiger partial charge in [0.25, 0.3) is 0 Å². The molecule has 0 saturated carbocycles. The summed E-state index contributed by atoms with van der Waals surface area (Å²) >= 11 is 1.50. The molecule has 7 N–H and O–H groups in total. The Balaban J connectivity index is 1.84. The number of thioether (sulfide) groups is 1. The van der Waals surface area contributed by atoms with E-state index in [4.69, 9.17) is 30.7 Å². The number of hydrogen-bond acceptors (Lipinski definition) is 12. The van der Waals surface area contributed by atoms with Crippen molar-refractivity contribution in [2.75, 3.05) is 24.3 Å². The van der Waals surface area contributed by atoms with Crippen LogP contribution in [0.1, 0.15) is 12.6 Å². The van der Waals surface area contributed by atoms with E-state index in [0.29, 0.717) is 12.2 Å². The SMILES string of the molecule is CSCCC(N)C(=O)OC1C(COP(=O)(O)O)OC(n2cnc3c(N)ncnc32)C1O. The van der Waals surface area contributed by atoms with Crippen LogP contribution in [0.4, 0.5) is 5.82 Å². The summed E-state index contributed by atoms with van der Waals surface area (Å²) < 4.78 is 28.1. The average molecular weight is 478 g/mol. The zero-order valence-corrected chi connectivity index (χ0v) is 18.1. The van der Waals surface area contributed by atoms with Crippen molar-refractivity contribution >= 4 is 42.5 Å². The number of nitrogen functional groups attached to an aromatic ring is 1. The van der Waals surface area contributed by atoms with E-state index in [2.05, 4.69) is 19.5 Å². The van der Waals surface area contributed by atoms with Crippen LogP contribution in [0, 0.1) is 0 Å². The Morgan fingerprint density at radius 3 is 2.84 bits per heavy atom. The maximum Gasteiger partial charge on any atom is 0.469 e. The molecule has 2 aromatic rings. The summed E-state index contributed by atoms with van der Waals surface area (Å²) in [4.78, 5) is 42.4. The number of phosphoric acid groups is 1. The lowest BCUT2D eigenvalue weighted by atomic mass is 10.1. The topological polar surface area (TPSA) is 218 Å². The van der Waals surface area contributed by atoms with Crippen molar-refractivity contribution in [3.8, 4) is 0 Å². The average Bonchev–Trinajstić information content (AvgIpc) is 3.26. The van der Waals surface area contributed by atoms with Crippen LogP contribution in [-0.4, -0.2) is 83.4 Å². The molecule has 1 saturated heterocycles. The Bertz CT molecular complexity index is 972. The molecule has 1 fully saturated rings. The predicted octanol–water partition coefficient (Wildman–Crippen LogP) is -1.23. The summed E-state index contributed by atoms with van der Waals surface area (Å²) in [6.07, 6.45) is -0.424. The highest BCUT2D eigenvalue weighted by atomic mass is 32.2. The second-order valence-electron chi connectivity index (χ2n) is 6.71. The number of imidazole rings is 1. The number of nitrogens with two attached hydrogens (primary N) is 2. The van der Waals surface area contributed by atoms with Crippen molar-refractivity contribution in [1.29, 1.82) is 0 Å². The highest BCUT2D eigenvalue weighted by Gasteiger charge is 2.48. The van der Waals surface area contributed by atoms with Gasteiger partial charge in [-0.2, -0.15) is 11.8 Å². The zero-order valence-electron chi connectivity index (χ0n) is 16.3. The van der Waals surface area contributed by atoms with Crippen molar-refractivity contribution in [2.24, 2.45) is 5.73 Å². The van der Waals surface area contributed by atoms with Crippen LogP contribution in [0.25, 0.3) is 11.2 Å². The van der Waals surface area contributed by atoms with Crippen LogP contribution in [-0.2, 0) is 23.4 Å². The number of phosphoric ester groups is 1. The van der Waals surface area contributed by atoms with Gasteiger partial charge in [0.15, 0.2) is 23.8 Å². The molecular formula is C15H23N6O8PS. The molecule has 5 atom stereocenters. The highest BCUT2D eigenvalue weighted by Crippen LogP contribution is 2.39. The van der Waals surface area contributed by atoms with E-state index >= 15 is 0 Å². The lowest BCUT2D eigenvalue weighted by Gasteiger charge is -2.22. The minimum absolute atomic E-state index is 0.111. The summed E-state index contributed by atoms with van der Waals surface area (Å²) in [5, 5.41) is 10.8. The van der Waals surface area contributed by atoms with Gasteiger partial charge in [0.2, 0.25) is 0 Å². The monoisotopic (exact) mass is 478 g/mol. The normalized spacial score (nSPS) is 25.1. The molecule has 0 aromatic carbocycles. The molecule has 3 rings (SSSR count). The van der Waals surface area contributed by atoms with E-state index in [9.17, 15) is 14.5 Å². The summed E-state index contributed by atoms with van der Waals surface area (Å²) in [7, 11) is -4.84. The van der Waals surface area contributed by atoms with Crippen LogP contribution in [0.15, 0.2) is 12.7 Å². The van der Waals surface area contributed by atoms with E-state index in [1.807, 2.05) is 6.26 Å². The second-order valence-corrected chi connectivity index (χ2v) is 8.94. The minimum Gasteiger partial charge on any atom is -0.455 e. The van der Waals surface area contributed by atoms with Crippen LogP contribution >= 0.6 is 19.6 Å². The molecule has 0 bridgehead atoms. The number of hydrogen-bond donors (Lipinski definition) is 5. The van der Waals surface area contributed by atoms with Gasteiger partial charge in [-0.15, -0.1) is 0 Å². The number of esters is 1. The lowest BCUT2D eigenvalue weighted by molar-refractivity contribution is -0.158. The van der Waals surface area contributed by atoms with Crippen LogP contribution in [0.3, 0.4) is 0 Å². The molecule has 0 amide bonds. The Kier molecular flexibility index (Phi) is 7.49. The van der Waals surface area contributed by atoms with Gasteiger partial charge in [-0.05, 0) is 18.4 Å². The van der Waals surface area contributed by atoms with E-state index in [0.717, 1.165) is 0 Å². The van der Waals surface area contributed by atoms with Gasteiger partial charge in [-0.3, -0.25) is 13.9 Å². The molecule has 16 heteroatoms. The third-order valence-electron chi connectivity index (χ3n) is 4.57. The fourth-order valence-electron chi connectivity index (χ4n) is 3.04. The number of carbonyl (C=O) groups excluding carboxylic acids is 1. The minimum atomic E-state index is -4.84. The number of ether oxygens (including phenoxy) is 2. The Hall–Kier alpha value is -1.84. The van der Waals surface area contributed by atoms with E-state index in [1.54, 1.807) is 0 Å². The van der Waals surface area contributed by atoms with E-state index < -0.39 is 51.0 Å². The first-order valence-electron chi connectivity index (χ1n) is 9.04. The second kappa shape index (κ2) is 9.75. The standard InChI is InChI=1S/C15H23N6O8PS/c1-31-3-2-7(16)15(23)29-11-8(4-27-30(24,25)26)28-14(10(11)22)21-6-20-9-12(17)18-5-19-13(9)21/h5-8,10-11,14,22H,2-4,16H2,1H3,(H2,17,18,19)(H2,24,25,26). The Morgan fingerprint density at radius 2 is 2.16 bits per heavy atom. The molecule has 0 aliphatic carbocycles. The predicted molar refractivity (Wildman–Crippen MR) is 109 cm³/mol. The van der Waals surface area contributed by atoms with Crippen molar-refractivity contribution in [3.63, 3.8) is 0 Å². The van der Waals surface area contributed by atoms with Gasteiger partial charge in [0.05, 0.1) is 12.9 Å². The molecule has 3 heterocycles. The molecule has 172 valence electrons. The van der Waals surface area contributed by atoms with Gasteiger partial charge in [0.1, 0.15) is 30.1 Å². The van der Waals surface area contributed by atoms with E-state index in [1.165, 1.54) is 29.0 Å². The fourth-order valence-corrected chi connectivity index (χ4v) is 3.87. The first kappa shape index (κ1) is 23.8. The first-order valence-corrected chi connectivity index (χ1v) is 12.0. The van der Waals surface area contributed by atoms with Crippen molar-refractivity contribution in [2.45, 2.75) is 37.0 Å². The molecular weight excluding hydrogens is 455 g/mol. The van der Waals surface area contributed by atoms with Gasteiger partial charge in [0, 0.05) is 0 Å². The molecule has 31 heavy (non-hydrogen) atoms. The van der Waals surface area contributed by atoms with Crippen LogP contribution in [0.5, 0.6) is 0 Å². The summed E-state index contributed by atoms with van der Waals surface area (Å²) in [6.45, 7) is -0.653. The van der Waals surface area contributed by atoms with Gasteiger partial charge in [-0.25, -0.2) is 19.5 Å². The number of aromatic nitrogens is 4. The summed E-state index contributed by atoms with van der Waals surface area (Å²) in [6, 6.07) is -0.941. The highest BCUT2D eigenvalue weighted by molar-refractivity contribution is 7.98. The van der Waals surface area contributed by atoms with Crippen molar-refractivity contribution < 1.29 is 38.3 Å². The Morgan fingerprint density at radius 1 is 1.42 bits per heavy atom. The zero-order chi connectivity index (χ0) is 22.8. The van der Waals surface area contributed by atoms with Gasteiger partial charge >= 0.3 is 13.8 Å². The van der Waals surface area contributed by atoms with Crippen LogP contribution in [0.2, 0.25) is 0 Å². The lowest BCUT2D eigenvalue weighted by Crippen LogP contribution is -2.43. The summed E-state index contributed by atoms with van der Waals surface area (Å²) in [5.41, 5.74) is 12.1. The van der Waals surface area contributed by atoms with Gasteiger partial charge in [-0.1, -0.05) is 0 Å². The van der Waals surface area contributed by atoms with Crippen molar-refractivity contribution in [3.05, 3.63) is 12.7 Å². The number of carbonyl (C=O) groups is 1. The number of aliphatic hydroxyl groups is 1.